The van der Waals surface area contributed by atoms with E-state index in [9.17, 15) is 0 Å². The van der Waals surface area contributed by atoms with Crippen LogP contribution in [0.3, 0.4) is 0 Å². The molecule has 0 aromatic carbocycles. The minimum Gasteiger partial charge on any atom is -0.379 e. The molecule has 0 aliphatic carbocycles. The van der Waals surface area contributed by atoms with Crippen molar-refractivity contribution in [2.24, 2.45) is 0 Å². The summed E-state index contributed by atoms with van der Waals surface area (Å²) in [6, 6.07) is 0. The SMILES string of the molecule is CC(C)OCCNC1(C)CCOC1. The van der Waals surface area contributed by atoms with Crippen LogP contribution in [0.1, 0.15) is 27.2 Å². The van der Waals surface area contributed by atoms with Gasteiger partial charge in [0.05, 0.1) is 19.3 Å². The number of ether oxygens (including phenoxy) is 2. The standard InChI is InChI=1S/C10H21NO2/c1-9(2)13-7-5-11-10(3)4-6-12-8-10/h9,11H,4-8H2,1-3H3. The molecule has 1 aliphatic heterocycles. The van der Waals surface area contributed by atoms with E-state index >= 15 is 0 Å². The van der Waals surface area contributed by atoms with Crippen LogP contribution in [-0.4, -0.2) is 38.0 Å². The van der Waals surface area contributed by atoms with Crippen molar-refractivity contribution in [3.63, 3.8) is 0 Å². The van der Waals surface area contributed by atoms with Crippen molar-refractivity contribution in [1.29, 1.82) is 0 Å². The molecule has 1 N–H and O–H groups in total. The summed E-state index contributed by atoms with van der Waals surface area (Å²) in [6.07, 6.45) is 1.43. The summed E-state index contributed by atoms with van der Waals surface area (Å²) in [5.74, 6) is 0. The topological polar surface area (TPSA) is 30.5 Å². The maximum atomic E-state index is 5.44. The third kappa shape index (κ3) is 4.07. The molecule has 1 rings (SSSR count). The van der Waals surface area contributed by atoms with E-state index in [-0.39, 0.29) is 5.54 Å². The lowest BCUT2D eigenvalue weighted by Gasteiger charge is -2.23. The van der Waals surface area contributed by atoms with Crippen LogP contribution in [0.25, 0.3) is 0 Å². The minimum atomic E-state index is 0.181. The van der Waals surface area contributed by atoms with Crippen molar-refractivity contribution < 1.29 is 9.47 Å². The van der Waals surface area contributed by atoms with Crippen molar-refractivity contribution in [3.05, 3.63) is 0 Å². The number of hydrogen-bond donors (Lipinski definition) is 1. The van der Waals surface area contributed by atoms with Crippen LogP contribution >= 0.6 is 0 Å². The molecule has 1 atom stereocenters. The van der Waals surface area contributed by atoms with Crippen LogP contribution in [0.4, 0.5) is 0 Å². The Morgan fingerprint density at radius 1 is 1.54 bits per heavy atom. The van der Waals surface area contributed by atoms with Crippen LogP contribution in [0.5, 0.6) is 0 Å². The third-order valence-corrected chi connectivity index (χ3v) is 2.32. The van der Waals surface area contributed by atoms with Gasteiger partial charge >= 0.3 is 0 Å². The average molecular weight is 187 g/mol. The van der Waals surface area contributed by atoms with E-state index in [0.29, 0.717) is 6.10 Å². The van der Waals surface area contributed by atoms with Crippen LogP contribution in [0.15, 0.2) is 0 Å². The second-order valence-electron chi connectivity index (χ2n) is 4.21. The molecule has 0 radical (unpaired) electrons. The van der Waals surface area contributed by atoms with Gasteiger partial charge in [0.2, 0.25) is 0 Å². The lowest BCUT2D eigenvalue weighted by molar-refractivity contribution is 0.0751. The Hall–Kier alpha value is -0.120. The summed E-state index contributed by atoms with van der Waals surface area (Å²) in [7, 11) is 0. The Bertz CT molecular complexity index is 142. The monoisotopic (exact) mass is 187 g/mol. The summed E-state index contributed by atoms with van der Waals surface area (Å²) in [5, 5.41) is 3.46. The van der Waals surface area contributed by atoms with Crippen LogP contribution < -0.4 is 5.32 Å². The van der Waals surface area contributed by atoms with E-state index in [1.54, 1.807) is 0 Å². The zero-order valence-electron chi connectivity index (χ0n) is 8.93. The zero-order valence-corrected chi connectivity index (χ0v) is 8.93. The first-order chi connectivity index (χ1) is 6.12. The predicted molar refractivity (Wildman–Crippen MR) is 52.9 cm³/mol. The number of nitrogens with one attached hydrogen (secondary N) is 1. The first-order valence-electron chi connectivity index (χ1n) is 5.07. The highest BCUT2D eigenvalue weighted by molar-refractivity contribution is 4.86. The molecule has 1 unspecified atom stereocenters. The Morgan fingerprint density at radius 3 is 2.85 bits per heavy atom. The maximum Gasteiger partial charge on any atom is 0.0646 e. The molecule has 0 aromatic rings. The first-order valence-corrected chi connectivity index (χ1v) is 5.07. The zero-order chi connectivity index (χ0) is 9.73. The van der Waals surface area contributed by atoms with E-state index in [1.807, 2.05) is 0 Å². The van der Waals surface area contributed by atoms with Crippen molar-refractivity contribution in [1.82, 2.24) is 5.32 Å². The largest absolute Gasteiger partial charge is 0.379 e. The van der Waals surface area contributed by atoms with E-state index in [0.717, 1.165) is 32.8 Å². The molecule has 13 heavy (non-hydrogen) atoms. The molecule has 0 aromatic heterocycles. The second-order valence-corrected chi connectivity index (χ2v) is 4.21. The van der Waals surface area contributed by atoms with Crippen LogP contribution in [0, 0.1) is 0 Å². The molecular weight excluding hydrogens is 166 g/mol. The summed E-state index contributed by atoms with van der Waals surface area (Å²) in [5.41, 5.74) is 0.181. The van der Waals surface area contributed by atoms with Gasteiger partial charge in [-0.3, -0.25) is 0 Å². The normalized spacial score (nSPS) is 28.6. The van der Waals surface area contributed by atoms with Crippen LogP contribution in [0.2, 0.25) is 0 Å². The molecule has 78 valence electrons. The van der Waals surface area contributed by atoms with Crippen LogP contribution in [-0.2, 0) is 9.47 Å². The molecule has 0 saturated carbocycles. The van der Waals surface area contributed by atoms with Gasteiger partial charge in [0.1, 0.15) is 0 Å². The van der Waals surface area contributed by atoms with E-state index in [4.69, 9.17) is 9.47 Å². The maximum absolute atomic E-state index is 5.44. The summed E-state index contributed by atoms with van der Waals surface area (Å²) >= 11 is 0. The molecule has 1 fully saturated rings. The van der Waals surface area contributed by atoms with Gasteiger partial charge < -0.3 is 14.8 Å². The number of rotatable bonds is 5. The van der Waals surface area contributed by atoms with Gasteiger partial charge in [-0.25, -0.2) is 0 Å². The highest BCUT2D eigenvalue weighted by Crippen LogP contribution is 2.16. The third-order valence-electron chi connectivity index (χ3n) is 2.32. The summed E-state index contributed by atoms with van der Waals surface area (Å²) < 4.78 is 10.8. The van der Waals surface area contributed by atoms with Crippen molar-refractivity contribution in [2.45, 2.75) is 38.8 Å². The van der Waals surface area contributed by atoms with Gasteiger partial charge in [0.25, 0.3) is 0 Å². The molecule has 3 heteroatoms. The molecule has 1 saturated heterocycles. The Kier molecular flexibility index (Phi) is 4.16. The molecule has 3 nitrogen and oxygen atoms in total. The van der Waals surface area contributed by atoms with Gasteiger partial charge in [-0.2, -0.15) is 0 Å². The van der Waals surface area contributed by atoms with E-state index in [1.165, 1.54) is 0 Å². The lowest BCUT2D eigenvalue weighted by atomic mass is 10.0. The fourth-order valence-corrected chi connectivity index (χ4v) is 1.45. The lowest BCUT2D eigenvalue weighted by Crippen LogP contribution is -2.44. The molecule has 0 bridgehead atoms. The molecule has 0 amide bonds. The predicted octanol–water partition coefficient (Wildman–Crippen LogP) is 1.18. The van der Waals surface area contributed by atoms with Gasteiger partial charge in [-0.05, 0) is 27.2 Å². The quantitative estimate of drug-likeness (QED) is 0.656. The minimum absolute atomic E-state index is 0.181. The van der Waals surface area contributed by atoms with E-state index < -0.39 is 0 Å². The number of hydrogen-bond acceptors (Lipinski definition) is 3. The first kappa shape index (κ1) is 11.0. The van der Waals surface area contributed by atoms with Gasteiger partial charge in [0, 0.05) is 18.7 Å². The van der Waals surface area contributed by atoms with Crippen molar-refractivity contribution in [2.75, 3.05) is 26.4 Å². The fraction of sp³-hybridized carbons (Fsp3) is 1.00. The summed E-state index contributed by atoms with van der Waals surface area (Å²) in [4.78, 5) is 0. The average Bonchev–Trinajstić information content (AvgIpc) is 2.47. The molecule has 0 spiro atoms. The second kappa shape index (κ2) is 4.94. The highest BCUT2D eigenvalue weighted by Gasteiger charge is 2.28. The van der Waals surface area contributed by atoms with Crippen molar-refractivity contribution in [3.8, 4) is 0 Å². The van der Waals surface area contributed by atoms with Gasteiger partial charge in [-0.1, -0.05) is 0 Å². The molecule has 1 aliphatic rings. The summed E-state index contributed by atoms with van der Waals surface area (Å²) in [6.45, 7) is 9.73. The van der Waals surface area contributed by atoms with Gasteiger partial charge in [-0.15, -0.1) is 0 Å². The Labute approximate surface area is 80.8 Å². The van der Waals surface area contributed by atoms with Crippen molar-refractivity contribution >= 4 is 0 Å². The Balaban J connectivity index is 2.04. The van der Waals surface area contributed by atoms with Gasteiger partial charge in [0.15, 0.2) is 0 Å². The Morgan fingerprint density at radius 2 is 2.31 bits per heavy atom. The molecule has 1 heterocycles. The highest BCUT2D eigenvalue weighted by atomic mass is 16.5. The fourth-order valence-electron chi connectivity index (χ4n) is 1.45. The van der Waals surface area contributed by atoms with E-state index in [2.05, 4.69) is 26.1 Å². The molecular formula is C10H21NO2. The smallest absolute Gasteiger partial charge is 0.0646 e.